The number of hydrogen-bond acceptors (Lipinski definition) is 3. The highest BCUT2D eigenvalue weighted by Crippen LogP contribution is 2.25. The zero-order valence-corrected chi connectivity index (χ0v) is 10.2. The fraction of sp³-hybridized carbons (Fsp3) is 0.538. The summed E-state index contributed by atoms with van der Waals surface area (Å²) in [4.78, 5) is 4.55. The molecular formula is C13H21N3. The van der Waals surface area contributed by atoms with Gasteiger partial charge in [0.05, 0.1) is 0 Å². The van der Waals surface area contributed by atoms with Gasteiger partial charge in [0, 0.05) is 38.6 Å². The first kappa shape index (κ1) is 11.3. The highest BCUT2D eigenvalue weighted by molar-refractivity contribution is 5.56. The van der Waals surface area contributed by atoms with Gasteiger partial charge < -0.3 is 15.5 Å². The van der Waals surface area contributed by atoms with Gasteiger partial charge in [0.25, 0.3) is 0 Å². The molecule has 1 aliphatic rings. The van der Waals surface area contributed by atoms with Gasteiger partial charge in [-0.3, -0.25) is 0 Å². The van der Waals surface area contributed by atoms with Gasteiger partial charge in [0.15, 0.2) is 0 Å². The smallest absolute Gasteiger partial charge is 0.0367 e. The predicted molar refractivity (Wildman–Crippen MR) is 70.1 cm³/mol. The molecule has 1 heterocycles. The summed E-state index contributed by atoms with van der Waals surface area (Å²) < 4.78 is 0. The second-order valence-corrected chi connectivity index (χ2v) is 4.75. The van der Waals surface area contributed by atoms with Crippen LogP contribution in [0.5, 0.6) is 0 Å². The first-order valence-corrected chi connectivity index (χ1v) is 5.93. The summed E-state index contributed by atoms with van der Waals surface area (Å²) in [6.45, 7) is 3.06. The van der Waals surface area contributed by atoms with E-state index in [9.17, 15) is 0 Å². The first-order chi connectivity index (χ1) is 7.70. The van der Waals surface area contributed by atoms with Crippen molar-refractivity contribution in [2.75, 3.05) is 43.5 Å². The molecule has 1 aromatic carbocycles. The normalized spacial score (nSPS) is 20.2. The Hall–Kier alpha value is -1.22. The van der Waals surface area contributed by atoms with Gasteiger partial charge in [0.2, 0.25) is 0 Å². The van der Waals surface area contributed by atoms with E-state index in [4.69, 9.17) is 5.73 Å². The summed E-state index contributed by atoms with van der Waals surface area (Å²) in [6.07, 6.45) is 1.23. The molecule has 0 saturated carbocycles. The standard InChI is InChI=1S/C13H21N3/c1-15(2)12-3-5-13(6-4-12)16-8-7-11(9-14)10-16/h3-6,11H,7-10,14H2,1-2H3. The Balaban J connectivity index is 2.05. The summed E-state index contributed by atoms with van der Waals surface area (Å²) in [7, 11) is 4.13. The minimum Gasteiger partial charge on any atom is -0.378 e. The van der Waals surface area contributed by atoms with E-state index in [2.05, 4.69) is 48.2 Å². The van der Waals surface area contributed by atoms with Crippen LogP contribution >= 0.6 is 0 Å². The Kier molecular flexibility index (Phi) is 3.34. The Morgan fingerprint density at radius 3 is 2.50 bits per heavy atom. The SMILES string of the molecule is CN(C)c1ccc(N2CCC(CN)C2)cc1. The lowest BCUT2D eigenvalue weighted by atomic mass is 10.1. The van der Waals surface area contributed by atoms with Crippen LogP contribution in [0.2, 0.25) is 0 Å². The van der Waals surface area contributed by atoms with E-state index in [1.54, 1.807) is 0 Å². The Labute approximate surface area is 97.8 Å². The third kappa shape index (κ3) is 2.30. The third-order valence-corrected chi connectivity index (χ3v) is 3.35. The van der Waals surface area contributed by atoms with Crippen molar-refractivity contribution in [2.24, 2.45) is 11.7 Å². The predicted octanol–water partition coefficient (Wildman–Crippen LogP) is 1.54. The number of nitrogens with two attached hydrogens (primary N) is 1. The molecule has 0 aromatic heterocycles. The fourth-order valence-electron chi connectivity index (χ4n) is 2.22. The molecule has 1 fully saturated rings. The van der Waals surface area contributed by atoms with Crippen LogP contribution in [0.1, 0.15) is 6.42 Å². The Morgan fingerprint density at radius 2 is 2.00 bits per heavy atom. The summed E-state index contributed by atoms with van der Waals surface area (Å²) in [5.74, 6) is 0.675. The van der Waals surface area contributed by atoms with E-state index in [1.807, 2.05) is 0 Å². The van der Waals surface area contributed by atoms with Crippen molar-refractivity contribution >= 4 is 11.4 Å². The largest absolute Gasteiger partial charge is 0.378 e. The lowest BCUT2D eigenvalue weighted by molar-refractivity contribution is 0.602. The number of nitrogens with zero attached hydrogens (tertiary/aromatic N) is 2. The van der Waals surface area contributed by atoms with E-state index in [0.29, 0.717) is 5.92 Å². The van der Waals surface area contributed by atoms with Gasteiger partial charge >= 0.3 is 0 Å². The summed E-state index contributed by atoms with van der Waals surface area (Å²) in [5, 5.41) is 0. The van der Waals surface area contributed by atoms with Crippen molar-refractivity contribution in [3.8, 4) is 0 Å². The third-order valence-electron chi connectivity index (χ3n) is 3.35. The van der Waals surface area contributed by atoms with E-state index in [-0.39, 0.29) is 0 Å². The van der Waals surface area contributed by atoms with E-state index in [1.165, 1.54) is 17.8 Å². The minimum atomic E-state index is 0.675. The molecule has 0 amide bonds. The quantitative estimate of drug-likeness (QED) is 0.837. The molecule has 2 rings (SSSR count). The second kappa shape index (κ2) is 4.74. The van der Waals surface area contributed by atoms with Crippen LogP contribution in [0.25, 0.3) is 0 Å². The molecule has 1 saturated heterocycles. The maximum absolute atomic E-state index is 5.70. The van der Waals surface area contributed by atoms with Crippen LogP contribution in [-0.4, -0.2) is 33.7 Å². The topological polar surface area (TPSA) is 32.5 Å². The van der Waals surface area contributed by atoms with Gasteiger partial charge in [0.1, 0.15) is 0 Å². The lowest BCUT2D eigenvalue weighted by Crippen LogP contribution is -2.22. The van der Waals surface area contributed by atoms with Crippen LogP contribution in [-0.2, 0) is 0 Å². The van der Waals surface area contributed by atoms with Crippen LogP contribution < -0.4 is 15.5 Å². The maximum Gasteiger partial charge on any atom is 0.0367 e. The van der Waals surface area contributed by atoms with Crippen molar-refractivity contribution < 1.29 is 0 Å². The highest BCUT2D eigenvalue weighted by atomic mass is 15.2. The molecule has 1 aromatic rings. The highest BCUT2D eigenvalue weighted by Gasteiger charge is 2.21. The molecule has 0 spiro atoms. The van der Waals surface area contributed by atoms with Crippen molar-refractivity contribution in [3.05, 3.63) is 24.3 Å². The average Bonchev–Trinajstić information content (AvgIpc) is 2.77. The first-order valence-electron chi connectivity index (χ1n) is 5.93. The molecule has 0 bridgehead atoms. The zero-order chi connectivity index (χ0) is 11.5. The molecule has 0 aliphatic carbocycles. The van der Waals surface area contributed by atoms with E-state index >= 15 is 0 Å². The average molecular weight is 219 g/mol. The number of rotatable bonds is 3. The molecule has 2 N–H and O–H groups in total. The minimum absolute atomic E-state index is 0.675. The Bertz CT molecular complexity index is 332. The maximum atomic E-state index is 5.70. The van der Waals surface area contributed by atoms with Crippen molar-refractivity contribution in [1.82, 2.24) is 0 Å². The summed E-state index contributed by atoms with van der Waals surface area (Å²) >= 11 is 0. The van der Waals surface area contributed by atoms with Gasteiger partial charge in [-0.15, -0.1) is 0 Å². The monoisotopic (exact) mass is 219 g/mol. The fourth-order valence-corrected chi connectivity index (χ4v) is 2.22. The molecular weight excluding hydrogens is 198 g/mol. The van der Waals surface area contributed by atoms with Gasteiger partial charge in [-0.2, -0.15) is 0 Å². The number of hydrogen-bond donors (Lipinski definition) is 1. The van der Waals surface area contributed by atoms with Crippen molar-refractivity contribution in [3.63, 3.8) is 0 Å². The van der Waals surface area contributed by atoms with E-state index < -0.39 is 0 Å². The van der Waals surface area contributed by atoms with Crippen LogP contribution in [0.3, 0.4) is 0 Å². The molecule has 1 atom stereocenters. The lowest BCUT2D eigenvalue weighted by Gasteiger charge is -2.20. The Morgan fingerprint density at radius 1 is 1.31 bits per heavy atom. The molecule has 3 nitrogen and oxygen atoms in total. The molecule has 88 valence electrons. The summed E-state index contributed by atoms with van der Waals surface area (Å²) in [6, 6.07) is 8.75. The van der Waals surface area contributed by atoms with Gasteiger partial charge in [-0.25, -0.2) is 0 Å². The van der Waals surface area contributed by atoms with Crippen molar-refractivity contribution in [1.29, 1.82) is 0 Å². The van der Waals surface area contributed by atoms with Gasteiger partial charge in [-0.1, -0.05) is 0 Å². The molecule has 3 heteroatoms. The molecule has 0 radical (unpaired) electrons. The summed E-state index contributed by atoms with van der Waals surface area (Å²) in [5.41, 5.74) is 8.27. The van der Waals surface area contributed by atoms with Crippen molar-refractivity contribution in [2.45, 2.75) is 6.42 Å². The van der Waals surface area contributed by atoms with Crippen LogP contribution in [0, 0.1) is 5.92 Å². The number of benzene rings is 1. The molecule has 16 heavy (non-hydrogen) atoms. The second-order valence-electron chi connectivity index (χ2n) is 4.75. The molecule has 1 aliphatic heterocycles. The zero-order valence-electron chi connectivity index (χ0n) is 10.2. The van der Waals surface area contributed by atoms with Crippen LogP contribution in [0.15, 0.2) is 24.3 Å². The van der Waals surface area contributed by atoms with E-state index in [0.717, 1.165) is 19.6 Å². The molecule has 1 unspecified atom stereocenters. The van der Waals surface area contributed by atoms with Crippen LogP contribution in [0.4, 0.5) is 11.4 Å². The number of anilines is 2. The van der Waals surface area contributed by atoms with Gasteiger partial charge in [-0.05, 0) is 43.1 Å².